The molecule has 1 atom stereocenters. The number of aromatic nitrogens is 1. The molecule has 1 saturated carbocycles. The highest BCUT2D eigenvalue weighted by Gasteiger charge is 2.52. The van der Waals surface area contributed by atoms with Crippen molar-refractivity contribution in [2.24, 2.45) is 5.92 Å². The molecule has 2 N–H and O–H groups in total. The molecule has 2 amide bonds. The third-order valence-electron chi connectivity index (χ3n) is 7.25. The Morgan fingerprint density at radius 1 is 1.05 bits per heavy atom. The normalized spacial score (nSPS) is 17.1. The molecule has 1 fully saturated rings. The van der Waals surface area contributed by atoms with Crippen LogP contribution in [0.25, 0.3) is 11.3 Å². The van der Waals surface area contributed by atoms with E-state index < -0.39 is 17.4 Å². The van der Waals surface area contributed by atoms with Crippen LogP contribution in [-0.4, -0.2) is 28.1 Å². The zero-order chi connectivity index (χ0) is 29.5. The number of para-hydroxylation sites is 1. The monoisotopic (exact) mass is 586 g/mol. The van der Waals surface area contributed by atoms with Crippen LogP contribution in [0.1, 0.15) is 35.7 Å². The number of aryl methyl sites for hydroxylation is 1. The second-order valence-electron chi connectivity index (χ2n) is 10.3. The summed E-state index contributed by atoms with van der Waals surface area (Å²) in [5.41, 5.74) is 2.86. The molecule has 2 aliphatic rings. The van der Waals surface area contributed by atoms with Crippen molar-refractivity contribution < 1.29 is 14.4 Å². The van der Waals surface area contributed by atoms with Crippen LogP contribution in [0.3, 0.4) is 0 Å². The number of hydrogen-bond acceptors (Lipinski definition) is 5. The summed E-state index contributed by atoms with van der Waals surface area (Å²) in [6, 6.07) is 16.1. The molecule has 1 unspecified atom stereocenters. The van der Waals surface area contributed by atoms with Crippen LogP contribution in [0.5, 0.6) is 0 Å². The van der Waals surface area contributed by atoms with Crippen molar-refractivity contribution in [2.45, 2.75) is 32.2 Å². The second kappa shape index (κ2) is 11.0. The van der Waals surface area contributed by atoms with E-state index in [4.69, 9.17) is 23.2 Å². The van der Waals surface area contributed by atoms with Crippen molar-refractivity contribution >= 4 is 46.5 Å². The first kappa shape index (κ1) is 28.3. The largest absolute Gasteiger partial charge is 0.342 e. The van der Waals surface area contributed by atoms with Gasteiger partial charge in [-0.25, -0.2) is 0 Å². The molecule has 5 rings (SSSR count). The fourth-order valence-corrected chi connectivity index (χ4v) is 5.50. The van der Waals surface area contributed by atoms with Crippen LogP contribution in [0.15, 0.2) is 97.1 Å². The number of nitrogens with one attached hydrogen (secondary N) is 2. The first-order valence-electron chi connectivity index (χ1n) is 13.0. The first-order valence-corrected chi connectivity index (χ1v) is 13.8. The molecule has 2 heterocycles. The standard InChI is InChI=1S/C32H28Cl2N4O3/c1-18(2)29(39)32(12-13-32)37-31(41)22-16-27(38(20(22)4)21-10-6-5-7-11-21)36-30(40)24-15-23(25(33)17-26(24)34)28-19(3)9-8-14-35-28/h5-11,14-17,22H,1,4,12-13H2,2-3H3,(H,36,40)(H,37,41). The zero-order valence-electron chi connectivity index (χ0n) is 22.6. The third kappa shape index (κ3) is 5.43. The molecule has 208 valence electrons. The van der Waals surface area contributed by atoms with Gasteiger partial charge in [-0.2, -0.15) is 0 Å². The minimum absolute atomic E-state index is 0.164. The van der Waals surface area contributed by atoms with Gasteiger partial charge < -0.3 is 15.5 Å². The van der Waals surface area contributed by atoms with Gasteiger partial charge in [0.2, 0.25) is 5.91 Å². The first-order chi connectivity index (χ1) is 19.5. The highest BCUT2D eigenvalue weighted by Crippen LogP contribution is 2.40. The number of Topliss-reactive ketones (excluding diaryl/α,β-unsaturated/α-hetero) is 1. The van der Waals surface area contributed by atoms with E-state index in [0.717, 1.165) is 5.56 Å². The van der Waals surface area contributed by atoms with Crippen molar-refractivity contribution in [1.82, 2.24) is 15.6 Å². The fraction of sp³-hybridized carbons (Fsp3) is 0.188. The number of pyridine rings is 1. The maximum absolute atomic E-state index is 13.7. The predicted octanol–water partition coefficient (Wildman–Crippen LogP) is 6.38. The summed E-state index contributed by atoms with van der Waals surface area (Å²) in [5.74, 6) is -1.55. The Labute approximate surface area is 248 Å². The van der Waals surface area contributed by atoms with Gasteiger partial charge in [-0.3, -0.25) is 19.4 Å². The van der Waals surface area contributed by atoms with Gasteiger partial charge in [0.15, 0.2) is 5.78 Å². The predicted molar refractivity (Wildman–Crippen MR) is 161 cm³/mol. The number of nitrogens with zero attached hydrogens (tertiary/aromatic N) is 2. The van der Waals surface area contributed by atoms with E-state index in [2.05, 4.69) is 28.8 Å². The third-order valence-corrected chi connectivity index (χ3v) is 7.88. The lowest BCUT2D eigenvalue weighted by atomic mass is 10.0. The average Bonchev–Trinajstić information content (AvgIpc) is 3.64. The minimum atomic E-state index is -0.933. The lowest BCUT2D eigenvalue weighted by Gasteiger charge is -2.26. The van der Waals surface area contributed by atoms with Crippen LogP contribution in [0, 0.1) is 12.8 Å². The van der Waals surface area contributed by atoms with E-state index in [-0.39, 0.29) is 22.3 Å². The number of carbonyl (C=O) groups excluding carboxylic acids is 3. The summed E-state index contributed by atoms with van der Waals surface area (Å²) in [4.78, 5) is 45.9. The molecule has 0 bridgehead atoms. The van der Waals surface area contributed by atoms with Crippen molar-refractivity contribution in [2.75, 3.05) is 4.90 Å². The Balaban J connectivity index is 1.47. The molecule has 9 heteroatoms. The summed E-state index contributed by atoms with van der Waals surface area (Å²) in [6.45, 7) is 11.5. The van der Waals surface area contributed by atoms with Gasteiger partial charge in [-0.1, -0.05) is 60.6 Å². The van der Waals surface area contributed by atoms with Crippen LogP contribution in [0.4, 0.5) is 5.69 Å². The molecule has 1 aliphatic heterocycles. The van der Waals surface area contributed by atoms with Gasteiger partial charge in [-0.15, -0.1) is 0 Å². The van der Waals surface area contributed by atoms with Crippen LogP contribution in [0.2, 0.25) is 10.0 Å². The van der Waals surface area contributed by atoms with E-state index in [0.29, 0.717) is 51.9 Å². The van der Waals surface area contributed by atoms with Gasteiger partial charge in [0, 0.05) is 23.1 Å². The smallest absolute Gasteiger partial charge is 0.258 e. The Morgan fingerprint density at radius 2 is 1.76 bits per heavy atom. The average molecular weight is 588 g/mol. The van der Waals surface area contributed by atoms with Crippen LogP contribution < -0.4 is 15.5 Å². The van der Waals surface area contributed by atoms with Gasteiger partial charge in [-0.05, 0) is 74.2 Å². The SMILES string of the molecule is C=C(C)C(=O)C1(NC(=O)C2C=C(NC(=O)c3cc(-c4ncccc4C)c(Cl)cc3Cl)N(c3ccccc3)C2=C)CC1. The number of ketones is 1. The number of amides is 2. The van der Waals surface area contributed by atoms with Crippen molar-refractivity contribution in [3.05, 3.63) is 118 Å². The summed E-state index contributed by atoms with van der Waals surface area (Å²) in [6.07, 6.45) is 4.37. The van der Waals surface area contributed by atoms with Crippen molar-refractivity contribution in [1.29, 1.82) is 0 Å². The van der Waals surface area contributed by atoms with Gasteiger partial charge >= 0.3 is 0 Å². The maximum atomic E-state index is 13.7. The Morgan fingerprint density at radius 3 is 2.39 bits per heavy atom. The van der Waals surface area contributed by atoms with Crippen molar-refractivity contribution in [3.63, 3.8) is 0 Å². The lowest BCUT2D eigenvalue weighted by molar-refractivity contribution is -0.128. The molecule has 2 aromatic carbocycles. The molecular formula is C32H28Cl2N4O3. The second-order valence-corrected chi connectivity index (χ2v) is 11.1. The molecule has 0 spiro atoms. The summed E-state index contributed by atoms with van der Waals surface area (Å²) >= 11 is 13.0. The van der Waals surface area contributed by atoms with E-state index in [9.17, 15) is 14.4 Å². The molecule has 1 aromatic heterocycles. The highest BCUT2D eigenvalue weighted by molar-refractivity contribution is 6.38. The number of anilines is 1. The lowest BCUT2D eigenvalue weighted by Crippen LogP contribution is -2.46. The Hall–Kier alpha value is -4.20. The van der Waals surface area contributed by atoms with E-state index in [1.807, 2.05) is 49.4 Å². The summed E-state index contributed by atoms with van der Waals surface area (Å²) in [7, 11) is 0. The molecular weight excluding hydrogens is 559 g/mol. The number of carbonyl (C=O) groups is 3. The topological polar surface area (TPSA) is 91.4 Å². The number of rotatable bonds is 8. The van der Waals surface area contributed by atoms with Crippen LogP contribution >= 0.6 is 23.2 Å². The molecule has 7 nitrogen and oxygen atoms in total. The van der Waals surface area contributed by atoms with E-state index in [1.165, 1.54) is 6.07 Å². The van der Waals surface area contributed by atoms with E-state index in [1.54, 1.807) is 30.2 Å². The number of halogens is 2. The van der Waals surface area contributed by atoms with Crippen molar-refractivity contribution in [3.8, 4) is 11.3 Å². The fourth-order valence-electron chi connectivity index (χ4n) is 4.94. The molecule has 0 radical (unpaired) electrons. The molecule has 1 aliphatic carbocycles. The zero-order valence-corrected chi connectivity index (χ0v) is 24.1. The Bertz CT molecular complexity index is 1640. The molecule has 41 heavy (non-hydrogen) atoms. The Kier molecular flexibility index (Phi) is 7.60. The maximum Gasteiger partial charge on any atom is 0.258 e. The highest BCUT2D eigenvalue weighted by atomic mass is 35.5. The van der Waals surface area contributed by atoms with Gasteiger partial charge in [0.05, 0.1) is 27.2 Å². The van der Waals surface area contributed by atoms with E-state index >= 15 is 0 Å². The van der Waals surface area contributed by atoms with Gasteiger partial charge in [0.1, 0.15) is 11.4 Å². The van der Waals surface area contributed by atoms with Gasteiger partial charge in [0.25, 0.3) is 5.91 Å². The summed E-state index contributed by atoms with van der Waals surface area (Å²) < 4.78 is 0. The van der Waals surface area contributed by atoms with Crippen LogP contribution in [-0.2, 0) is 9.59 Å². The number of benzene rings is 2. The minimum Gasteiger partial charge on any atom is -0.342 e. The molecule has 3 aromatic rings. The summed E-state index contributed by atoms with van der Waals surface area (Å²) in [5, 5.41) is 6.35. The molecule has 0 saturated heterocycles. The number of hydrogen-bond donors (Lipinski definition) is 2. The quantitative estimate of drug-likeness (QED) is 0.299.